The quantitative estimate of drug-likeness (QED) is 0.720. The van der Waals surface area contributed by atoms with Crippen LogP contribution in [0.3, 0.4) is 0 Å². The molecule has 1 amide bonds. The van der Waals surface area contributed by atoms with Gasteiger partial charge in [-0.1, -0.05) is 18.5 Å². The molecule has 1 aliphatic heterocycles. The first-order valence-corrected chi connectivity index (χ1v) is 11.3. The molecule has 122 valence electrons. The van der Waals surface area contributed by atoms with E-state index in [4.69, 9.17) is 11.6 Å². The van der Waals surface area contributed by atoms with Gasteiger partial charge in [0.2, 0.25) is 0 Å². The fraction of sp³-hybridized carbons (Fsp3) is 0.611. The summed E-state index contributed by atoms with van der Waals surface area (Å²) >= 11 is 6.09. The average molecular weight is 341 g/mol. The Labute approximate surface area is 140 Å². The molecule has 4 heteroatoms. The number of hydrogen-bond donors (Lipinski definition) is 1. The summed E-state index contributed by atoms with van der Waals surface area (Å²) in [5.74, 6) is 0.216. The highest BCUT2D eigenvalue weighted by Crippen LogP contribution is 2.63. The zero-order valence-corrected chi connectivity index (χ0v) is 15.9. The molecule has 0 radical (unpaired) electrons. The number of anilines is 1. The van der Waals surface area contributed by atoms with Crippen molar-refractivity contribution >= 4 is 30.5 Å². The molecule has 22 heavy (non-hydrogen) atoms. The predicted molar refractivity (Wildman–Crippen MR) is 100 cm³/mol. The summed E-state index contributed by atoms with van der Waals surface area (Å²) in [6.45, 7) is 8.58. The lowest BCUT2D eigenvalue weighted by Gasteiger charge is -2.33. The minimum absolute atomic E-state index is 0.197. The van der Waals surface area contributed by atoms with E-state index in [9.17, 15) is 4.79 Å². The molecule has 0 aromatic heterocycles. The van der Waals surface area contributed by atoms with E-state index in [-0.39, 0.29) is 11.6 Å². The second-order valence-corrected chi connectivity index (χ2v) is 11.7. The van der Waals surface area contributed by atoms with Gasteiger partial charge in [-0.3, -0.25) is 4.79 Å². The molecule has 1 unspecified atom stereocenters. The van der Waals surface area contributed by atoms with Crippen LogP contribution in [0.5, 0.6) is 0 Å². The van der Waals surface area contributed by atoms with Gasteiger partial charge in [-0.05, 0) is 62.8 Å². The smallest absolute Gasteiger partial charge is 0.265 e. The van der Waals surface area contributed by atoms with Crippen LogP contribution in [0.2, 0.25) is 5.02 Å². The number of nitrogens with one attached hydrogen (secondary N) is 1. The van der Waals surface area contributed by atoms with Gasteiger partial charge < -0.3 is 5.32 Å². The maximum absolute atomic E-state index is 12.9. The van der Waals surface area contributed by atoms with Crippen LogP contribution in [-0.4, -0.2) is 30.6 Å². The number of halogens is 1. The SMILES string of the molecule is CCC(C(=O)Nc1c(C)cc(Cl)cc1C)[P+]1(C)CCCCC1. The van der Waals surface area contributed by atoms with E-state index >= 15 is 0 Å². The zero-order valence-electron chi connectivity index (χ0n) is 14.2. The summed E-state index contributed by atoms with van der Waals surface area (Å²) in [5.41, 5.74) is 3.22. The largest absolute Gasteiger partial charge is 0.322 e. The van der Waals surface area contributed by atoms with Gasteiger partial charge in [-0.2, -0.15) is 0 Å². The van der Waals surface area contributed by atoms with Crippen LogP contribution in [0, 0.1) is 13.8 Å². The van der Waals surface area contributed by atoms with Crippen molar-refractivity contribution in [2.24, 2.45) is 0 Å². The third-order valence-corrected chi connectivity index (χ3v) is 10.0. The van der Waals surface area contributed by atoms with Crippen molar-refractivity contribution in [3.63, 3.8) is 0 Å². The first-order chi connectivity index (χ1) is 10.4. The van der Waals surface area contributed by atoms with Crippen LogP contribution in [0.1, 0.15) is 43.7 Å². The molecule has 1 heterocycles. The third-order valence-electron chi connectivity index (χ3n) is 5.03. The number of carbonyl (C=O) groups excluding carboxylic acids is 1. The lowest BCUT2D eigenvalue weighted by molar-refractivity contribution is -0.115. The molecule has 1 fully saturated rings. The lowest BCUT2D eigenvalue weighted by atomic mass is 10.1. The van der Waals surface area contributed by atoms with Crippen molar-refractivity contribution in [1.82, 2.24) is 0 Å². The van der Waals surface area contributed by atoms with E-state index < -0.39 is 7.26 Å². The second kappa shape index (κ2) is 7.32. The maximum atomic E-state index is 12.9. The maximum Gasteiger partial charge on any atom is 0.265 e. The van der Waals surface area contributed by atoms with E-state index in [1.54, 1.807) is 0 Å². The Balaban J connectivity index is 2.20. The molecule has 2 rings (SSSR count). The normalized spacial score (nSPS) is 18.8. The van der Waals surface area contributed by atoms with Crippen LogP contribution in [0.4, 0.5) is 5.69 Å². The minimum atomic E-state index is -1.14. The number of benzene rings is 1. The van der Waals surface area contributed by atoms with Crippen molar-refractivity contribution in [3.05, 3.63) is 28.3 Å². The summed E-state index contributed by atoms with van der Waals surface area (Å²) in [6, 6.07) is 3.84. The summed E-state index contributed by atoms with van der Waals surface area (Å²) in [4.78, 5) is 12.9. The zero-order chi connectivity index (χ0) is 16.3. The van der Waals surface area contributed by atoms with Crippen LogP contribution < -0.4 is 5.32 Å². The highest BCUT2D eigenvalue weighted by Gasteiger charge is 2.45. The fourth-order valence-electron chi connectivity index (χ4n) is 3.77. The first-order valence-electron chi connectivity index (χ1n) is 8.29. The number of aryl methyl sites for hydroxylation is 2. The van der Waals surface area contributed by atoms with E-state index in [1.807, 2.05) is 26.0 Å². The Morgan fingerprint density at radius 3 is 2.27 bits per heavy atom. The molecule has 1 atom stereocenters. The molecule has 1 aromatic rings. The van der Waals surface area contributed by atoms with Gasteiger partial charge in [0.05, 0.1) is 12.3 Å². The molecule has 2 nitrogen and oxygen atoms in total. The number of hydrogen-bond acceptors (Lipinski definition) is 1. The van der Waals surface area contributed by atoms with Gasteiger partial charge in [-0.15, -0.1) is 0 Å². The Bertz CT molecular complexity index is 529. The molecule has 1 aliphatic rings. The van der Waals surface area contributed by atoms with Crippen LogP contribution in [-0.2, 0) is 4.79 Å². The van der Waals surface area contributed by atoms with E-state index in [1.165, 1.54) is 31.6 Å². The first kappa shape index (κ1) is 17.8. The molecule has 1 aromatic carbocycles. The summed E-state index contributed by atoms with van der Waals surface area (Å²) < 4.78 is 0. The Kier molecular flexibility index (Phi) is 5.91. The number of amides is 1. The van der Waals surface area contributed by atoms with Crippen molar-refractivity contribution in [2.45, 2.75) is 52.1 Å². The van der Waals surface area contributed by atoms with Crippen molar-refractivity contribution in [2.75, 3.05) is 24.3 Å². The highest BCUT2D eigenvalue weighted by atomic mass is 35.5. The van der Waals surface area contributed by atoms with Gasteiger partial charge in [0.25, 0.3) is 5.91 Å². The molecule has 1 N–H and O–H groups in total. The standard InChI is InChI=1S/C18H27ClNOP/c1-5-16(22(4)9-7-6-8-10-22)18(21)20-17-13(2)11-15(19)12-14(17)3/h11-12,16H,5-10H2,1-4H3/p+1. The van der Waals surface area contributed by atoms with Gasteiger partial charge in [0.15, 0.2) is 0 Å². The minimum Gasteiger partial charge on any atom is -0.322 e. The monoisotopic (exact) mass is 340 g/mol. The predicted octanol–water partition coefficient (Wildman–Crippen LogP) is 5.51. The topological polar surface area (TPSA) is 29.1 Å². The molecule has 1 saturated heterocycles. The second-order valence-electron chi connectivity index (χ2n) is 6.82. The van der Waals surface area contributed by atoms with E-state index in [0.717, 1.165) is 28.3 Å². The molecule has 0 spiro atoms. The summed E-state index contributed by atoms with van der Waals surface area (Å²) in [7, 11) is -1.14. The van der Waals surface area contributed by atoms with Gasteiger partial charge >= 0.3 is 0 Å². The van der Waals surface area contributed by atoms with Crippen molar-refractivity contribution in [1.29, 1.82) is 0 Å². The lowest BCUT2D eigenvalue weighted by Crippen LogP contribution is -2.33. The number of carbonyl (C=O) groups is 1. The van der Waals surface area contributed by atoms with E-state index in [2.05, 4.69) is 18.9 Å². The van der Waals surface area contributed by atoms with Crippen molar-refractivity contribution < 1.29 is 4.79 Å². The fourth-order valence-corrected chi connectivity index (χ4v) is 8.35. The Hall–Kier alpha value is -0.590. The molecule has 0 bridgehead atoms. The van der Waals surface area contributed by atoms with Gasteiger partial charge in [0.1, 0.15) is 5.66 Å². The molecular formula is C18H28ClNOP+. The Morgan fingerprint density at radius 2 is 1.77 bits per heavy atom. The van der Waals surface area contributed by atoms with Gasteiger partial charge in [0, 0.05) is 24.6 Å². The average Bonchev–Trinajstić information content (AvgIpc) is 2.44. The summed E-state index contributed by atoms with van der Waals surface area (Å²) in [6.07, 6.45) is 7.43. The summed E-state index contributed by atoms with van der Waals surface area (Å²) in [5, 5.41) is 3.94. The Morgan fingerprint density at radius 1 is 1.23 bits per heavy atom. The third kappa shape index (κ3) is 3.84. The highest BCUT2D eigenvalue weighted by molar-refractivity contribution is 7.76. The number of rotatable bonds is 4. The van der Waals surface area contributed by atoms with E-state index in [0.29, 0.717) is 0 Å². The van der Waals surface area contributed by atoms with Crippen LogP contribution in [0.25, 0.3) is 0 Å². The van der Waals surface area contributed by atoms with Crippen LogP contribution >= 0.6 is 18.9 Å². The van der Waals surface area contributed by atoms with Gasteiger partial charge in [-0.25, -0.2) is 0 Å². The molecular weight excluding hydrogens is 313 g/mol. The van der Waals surface area contributed by atoms with Crippen molar-refractivity contribution in [3.8, 4) is 0 Å². The van der Waals surface area contributed by atoms with Crippen LogP contribution in [0.15, 0.2) is 12.1 Å². The molecule has 0 saturated carbocycles. The molecule has 0 aliphatic carbocycles.